The van der Waals surface area contributed by atoms with Gasteiger partial charge in [0.25, 0.3) is 0 Å². The number of benzene rings is 1. The van der Waals surface area contributed by atoms with Crippen molar-refractivity contribution in [2.75, 3.05) is 37.5 Å². The molecule has 0 spiro atoms. The largest absolute Gasteiger partial charge is 0.383 e. The van der Waals surface area contributed by atoms with Gasteiger partial charge in [0.15, 0.2) is 16.8 Å². The summed E-state index contributed by atoms with van der Waals surface area (Å²) in [4.78, 5) is 15.2. The molecule has 172 valence electrons. The molecule has 8 heteroatoms. The van der Waals surface area contributed by atoms with Gasteiger partial charge >= 0.3 is 0 Å². The molecule has 1 aromatic carbocycles. The molecule has 0 aliphatic heterocycles. The highest BCUT2D eigenvalue weighted by Crippen LogP contribution is 2.26. The second-order valence-electron chi connectivity index (χ2n) is 7.73. The van der Waals surface area contributed by atoms with Gasteiger partial charge in [-0.2, -0.15) is 0 Å². The first-order chi connectivity index (χ1) is 15.4. The zero-order chi connectivity index (χ0) is 23.3. The molecule has 2 aromatic heterocycles. The number of nitrogens with zero attached hydrogens (tertiary/aromatic N) is 5. The maximum absolute atomic E-state index is 12.9. The lowest BCUT2D eigenvalue weighted by molar-refractivity contribution is 0.102. The van der Waals surface area contributed by atoms with Gasteiger partial charge in [-0.1, -0.05) is 11.8 Å². The van der Waals surface area contributed by atoms with Crippen LogP contribution in [0.3, 0.4) is 0 Å². The third-order valence-corrected chi connectivity index (χ3v) is 6.83. The lowest BCUT2D eigenvalue weighted by Gasteiger charge is -2.21. The molecule has 0 aliphatic rings. The average Bonchev–Trinajstić information content (AvgIpc) is 3.30. The Morgan fingerprint density at radius 3 is 2.44 bits per heavy atom. The first kappa shape index (κ1) is 24.1. The van der Waals surface area contributed by atoms with Crippen molar-refractivity contribution in [3.8, 4) is 11.4 Å². The molecule has 0 fully saturated rings. The number of carbonyl (C=O) groups excluding carboxylic acids is 1. The van der Waals surface area contributed by atoms with Gasteiger partial charge < -0.3 is 18.8 Å². The molecule has 7 nitrogen and oxygen atoms in total. The molecule has 0 atom stereocenters. The minimum atomic E-state index is 0.0971. The quantitative estimate of drug-likeness (QED) is 0.316. The van der Waals surface area contributed by atoms with E-state index in [1.807, 2.05) is 31.5 Å². The Labute approximate surface area is 194 Å². The highest BCUT2D eigenvalue weighted by atomic mass is 32.2. The Morgan fingerprint density at radius 1 is 1.12 bits per heavy atom. The number of aromatic nitrogens is 4. The monoisotopic (exact) mass is 455 g/mol. The van der Waals surface area contributed by atoms with Crippen molar-refractivity contribution in [2.45, 2.75) is 39.4 Å². The third kappa shape index (κ3) is 5.07. The summed E-state index contributed by atoms with van der Waals surface area (Å²) in [6.45, 7) is 11.6. The van der Waals surface area contributed by atoms with E-state index in [9.17, 15) is 4.79 Å². The van der Waals surface area contributed by atoms with E-state index in [1.54, 1.807) is 7.11 Å². The Hall–Kier alpha value is -2.58. The van der Waals surface area contributed by atoms with Crippen LogP contribution >= 0.6 is 11.8 Å². The SMILES string of the molecule is CCN(CC)c1ccc(-c2nnc(SCC(=O)c3cc(C)n(CCOC)c3C)n2C)cc1. The van der Waals surface area contributed by atoms with Crippen molar-refractivity contribution in [1.82, 2.24) is 19.3 Å². The number of aryl methyl sites for hydroxylation is 1. The maximum Gasteiger partial charge on any atom is 0.191 e. The third-order valence-electron chi connectivity index (χ3n) is 5.81. The standard InChI is InChI=1S/C24H33N5O2S/c1-7-28(8-2)20-11-9-19(10-12-20)23-25-26-24(27(23)5)32-16-22(30)21-15-17(3)29(18(21)4)13-14-31-6/h9-12,15H,7-8,13-14,16H2,1-6H3. The molecule has 2 heterocycles. The van der Waals surface area contributed by atoms with Crippen LogP contribution in [-0.4, -0.2) is 57.7 Å². The van der Waals surface area contributed by atoms with Crippen LogP contribution in [0.25, 0.3) is 11.4 Å². The Bertz CT molecular complexity index is 1050. The predicted octanol–water partition coefficient (Wildman–Crippen LogP) is 4.37. The molecule has 0 unspecified atom stereocenters. The van der Waals surface area contributed by atoms with Gasteiger partial charge in [-0.25, -0.2) is 0 Å². The number of rotatable bonds is 11. The van der Waals surface area contributed by atoms with E-state index in [-0.39, 0.29) is 5.78 Å². The smallest absolute Gasteiger partial charge is 0.191 e. The molecular formula is C24H33N5O2S. The van der Waals surface area contributed by atoms with Gasteiger partial charge in [0.2, 0.25) is 0 Å². The number of ether oxygens (including phenoxy) is 1. The normalized spacial score (nSPS) is 11.2. The molecule has 0 aliphatic carbocycles. The van der Waals surface area contributed by atoms with Gasteiger partial charge in [0.1, 0.15) is 0 Å². The average molecular weight is 456 g/mol. The number of Topliss-reactive ketones (excluding diaryl/α,β-unsaturated/α-hetero) is 1. The van der Waals surface area contributed by atoms with Crippen LogP contribution in [0.2, 0.25) is 0 Å². The summed E-state index contributed by atoms with van der Waals surface area (Å²) < 4.78 is 9.26. The number of carbonyl (C=O) groups is 1. The summed E-state index contributed by atoms with van der Waals surface area (Å²) in [5.41, 5.74) is 5.03. The Kier molecular flexibility index (Phi) is 8.15. The number of hydrogen-bond acceptors (Lipinski definition) is 6. The second kappa shape index (κ2) is 10.8. The summed E-state index contributed by atoms with van der Waals surface area (Å²) in [6, 6.07) is 10.4. The fourth-order valence-electron chi connectivity index (χ4n) is 3.92. The first-order valence-electron chi connectivity index (χ1n) is 11.0. The number of anilines is 1. The van der Waals surface area contributed by atoms with E-state index in [4.69, 9.17) is 4.74 Å². The minimum absolute atomic E-state index is 0.0971. The molecule has 0 N–H and O–H groups in total. The van der Waals surface area contributed by atoms with Crippen molar-refractivity contribution < 1.29 is 9.53 Å². The van der Waals surface area contributed by atoms with Crippen molar-refractivity contribution >= 4 is 23.2 Å². The van der Waals surface area contributed by atoms with Gasteiger partial charge in [0.05, 0.1) is 12.4 Å². The first-order valence-corrected chi connectivity index (χ1v) is 12.0. The number of thioether (sulfide) groups is 1. The van der Waals surface area contributed by atoms with Gasteiger partial charge in [-0.3, -0.25) is 4.79 Å². The lowest BCUT2D eigenvalue weighted by Crippen LogP contribution is -2.21. The van der Waals surface area contributed by atoms with Crippen molar-refractivity contribution in [3.63, 3.8) is 0 Å². The molecule has 0 saturated carbocycles. The number of hydrogen-bond donors (Lipinski definition) is 0. The zero-order valence-corrected chi connectivity index (χ0v) is 20.7. The zero-order valence-electron chi connectivity index (χ0n) is 19.9. The summed E-state index contributed by atoms with van der Waals surface area (Å²) >= 11 is 1.42. The minimum Gasteiger partial charge on any atom is -0.383 e. The fourth-order valence-corrected chi connectivity index (χ4v) is 4.71. The maximum atomic E-state index is 12.9. The topological polar surface area (TPSA) is 65.2 Å². The summed E-state index contributed by atoms with van der Waals surface area (Å²) in [5, 5.41) is 9.43. The van der Waals surface area contributed by atoms with Crippen molar-refractivity contribution in [2.24, 2.45) is 7.05 Å². The van der Waals surface area contributed by atoms with Crippen LogP contribution in [-0.2, 0) is 18.3 Å². The molecule has 0 radical (unpaired) electrons. The van der Waals surface area contributed by atoms with E-state index >= 15 is 0 Å². The summed E-state index contributed by atoms with van der Waals surface area (Å²) in [7, 11) is 3.63. The molecular weight excluding hydrogens is 422 g/mol. The van der Waals surface area contributed by atoms with Crippen LogP contribution in [0.15, 0.2) is 35.5 Å². The predicted molar refractivity (Wildman–Crippen MR) is 131 cm³/mol. The molecule has 0 amide bonds. The van der Waals surface area contributed by atoms with Gasteiger partial charge in [-0.05, 0) is 58.0 Å². The highest BCUT2D eigenvalue weighted by molar-refractivity contribution is 7.99. The Morgan fingerprint density at radius 2 is 1.81 bits per heavy atom. The molecule has 0 saturated heterocycles. The highest BCUT2D eigenvalue weighted by Gasteiger charge is 2.18. The fraction of sp³-hybridized carbons (Fsp3) is 0.458. The molecule has 32 heavy (non-hydrogen) atoms. The molecule has 3 rings (SSSR count). The van der Waals surface area contributed by atoms with E-state index in [0.717, 1.165) is 53.1 Å². The second-order valence-corrected chi connectivity index (χ2v) is 8.67. The van der Waals surface area contributed by atoms with E-state index < -0.39 is 0 Å². The summed E-state index contributed by atoms with van der Waals surface area (Å²) in [5.74, 6) is 1.21. The van der Waals surface area contributed by atoms with Crippen LogP contribution < -0.4 is 4.90 Å². The summed E-state index contributed by atoms with van der Waals surface area (Å²) in [6.07, 6.45) is 0. The molecule has 0 bridgehead atoms. The van der Waals surface area contributed by atoms with E-state index in [2.05, 4.69) is 57.8 Å². The number of ketones is 1. The van der Waals surface area contributed by atoms with Crippen LogP contribution in [0.1, 0.15) is 35.6 Å². The van der Waals surface area contributed by atoms with Crippen molar-refractivity contribution in [1.29, 1.82) is 0 Å². The van der Waals surface area contributed by atoms with E-state index in [0.29, 0.717) is 12.4 Å². The van der Waals surface area contributed by atoms with Gasteiger partial charge in [0, 0.05) is 62.0 Å². The van der Waals surface area contributed by atoms with Crippen LogP contribution in [0.4, 0.5) is 5.69 Å². The lowest BCUT2D eigenvalue weighted by atomic mass is 10.2. The Balaban J connectivity index is 1.70. The van der Waals surface area contributed by atoms with Crippen LogP contribution in [0.5, 0.6) is 0 Å². The van der Waals surface area contributed by atoms with Gasteiger partial charge in [-0.15, -0.1) is 10.2 Å². The van der Waals surface area contributed by atoms with E-state index in [1.165, 1.54) is 17.4 Å². The van der Waals surface area contributed by atoms with Crippen molar-refractivity contribution in [3.05, 3.63) is 47.3 Å². The molecule has 3 aromatic rings. The number of methoxy groups -OCH3 is 1. The van der Waals surface area contributed by atoms with Crippen LogP contribution in [0, 0.1) is 13.8 Å².